The average molecular weight is 305 g/mol. The smallest absolute Gasteiger partial charge is 0.343 e. The van der Waals surface area contributed by atoms with E-state index >= 15 is 0 Å². The number of ether oxygens (including phenoxy) is 1. The van der Waals surface area contributed by atoms with Gasteiger partial charge in [-0.25, -0.2) is 4.79 Å². The molecule has 0 amide bonds. The fourth-order valence-electron chi connectivity index (χ4n) is 1.41. The minimum Gasteiger partial charge on any atom is -0.422 e. The van der Waals surface area contributed by atoms with E-state index in [1.165, 1.54) is 0 Å². The van der Waals surface area contributed by atoms with Gasteiger partial charge in [0.2, 0.25) is 0 Å². The highest BCUT2D eigenvalue weighted by atomic mass is 79.9. The highest BCUT2D eigenvalue weighted by Gasteiger charge is 2.10. The molecule has 3 nitrogen and oxygen atoms in total. The van der Waals surface area contributed by atoms with Crippen molar-refractivity contribution in [3.63, 3.8) is 0 Å². The number of rotatable bonds is 3. The maximum Gasteiger partial charge on any atom is 0.343 e. The number of hydrogen-bond acceptors (Lipinski definition) is 3. The van der Waals surface area contributed by atoms with Gasteiger partial charge in [-0.2, -0.15) is 0 Å². The zero-order valence-corrected chi connectivity index (χ0v) is 10.9. The van der Waals surface area contributed by atoms with Gasteiger partial charge in [-0.1, -0.05) is 18.2 Å². The SMILES string of the molecule is O=Cc1ccc(OC(=O)c2ccccc2)c(Br)c1. The van der Waals surface area contributed by atoms with Gasteiger partial charge in [0.15, 0.2) is 0 Å². The summed E-state index contributed by atoms with van der Waals surface area (Å²) in [4.78, 5) is 22.4. The van der Waals surface area contributed by atoms with E-state index in [2.05, 4.69) is 15.9 Å². The zero-order chi connectivity index (χ0) is 13.0. The molecule has 0 radical (unpaired) electrons. The first-order valence-corrected chi connectivity index (χ1v) is 6.02. The van der Waals surface area contributed by atoms with Crippen LogP contribution in [0.5, 0.6) is 5.75 Å². The van der Waals surface area contributed by atoms with Gasteiger partial charge in [-0.05, 0) is 46.3 Å². The molecule has 0 fully saturated rings. The lowest BCUT2D eigenvalue weighted by atomic mass is 10.2. The number of benzene rings is 2. The molecule has 2 aromatic rings. The number of hydrogen-bond donors (Lipinski definition) is 0. The Morgan fingerprint density at radius 2 is 1.83 bits per heavy atom. The number of carbonyl (C=O) groups excluding carboxylic acids is 2. The molecule has 0 aromatic heterocycles. The summed E-state index contributed by atoms with van der Waals surface area (Å²) in [5, 5.41) is 0. The van der Waals surface area contributed by atoms with Crippen molar-refractivity contribution in [3.8, 4) is 5.75 Å². The van der Waals surface area contributed by atoms with E-state index in [1.54, 1.807) is 42.5 Å². The summed E-state index contributed by atoms with van der Waals surface area (Å²) in [6, 6.07) is 13.5. The second-order valence-electron chi connectivity index (χ2n) is 3.56. The predicted octanol–water partition coefficient (Wildman–Crippen LogP) is 3.48. The van der Waals surface area contributed by atoms with Gasteiger partial charge in [0.25, 0.3) is 0 Å². The zero-order valence-electron chi connectivity index (χ0n) is 9.30. The van der Waals surface area contributed by atoms with E-state index in [1.807, 2.05) is 6.07 Å². The van der Waals surface area contributed by atoms with Gasteiger partial charge < -0.3 is 4.74 Å². The Morgan fingerprint density at radius 3 is 2.44 bits per heavy atom. The second-order valence-corrected chi connectivity index (χ2v) is 4.42. The molecule has 90 valence electrons. The quantitative estimate of drug-likeness (QED) is 0.495. The molecule has 0 atom stereocenters. The normalized spacial score (nSPS) is 9.83. The van der Waals surface area contributed by atoms with E-state index < -0.39 is 5.97 Å². The Morgan fingerprint density at radius 1 is 1.11 bits per heavy atom. The van der Waals surface area contributed by atoms with Crippen LogP contribution in [0.3, 0.4) is 0 Å². The van der Waals surface area contributed by atoms with E-state index in [4.69, 9.17) is 4.74 Å². The largest absolute Gasteiger partial charge is 0.422 e. The monoisotopic (exact) mass is 304 g/mol. The number of carbonyl (C=O) groups is 2. The summed E-state index contributed by atoms with van der Waals surface area (Å²) in [5.74, 6) is -0.0513. The molecule has 2 rings (SSSR count). The van der Waals surface area contributed by atoms with Crippen molar-refractivity contribution in [2.75, 3.05) is 0 Å². The molecule has 0 heterocycles. The predicted molar refractivity (Wildman–Crippen MR) is 70.9 cm³/mol. The summed E-state index contributed by atoms with van der Waals surface area (Å²) in [7, 11) is 0. The van der Waals surface area contributed by atoms with E-state index in [9.17, 15) is 9.59 Å². The minimum atomic E-state index is -0.435. The van der Waals surface area contributed by atoms with Gasteiger partial charge in [-0.15, -0.1) is 0 Å². The first kappa shape index (κ1) is 12.5. The number of esters is 1. The molecule has 0 unspecified atom stereocenters. The van der Waals surface area contributed by atoms with Crippen molar-refractivity contribution >= 4 is 28.2 Å². The molecule has 0 saturated carbocycles. The van der Waals surface area contributed by atoms with Crippen LogP contribution in [0.2, 0.25) is 0 Å². The van der Waals surface area contributed by atoms with Crippen molar-refractivity contribution in [3.05, 3.63) is 64.1 Å². The summed E-state index contributed by atoms with van der Waals surface area (Å²) < 4.78 is 5.80. The van der Waals surface area contributed by atoms with E-state index in [0.717, 1.165) is 6.29 Å². The van der Waals surface area contributed by atoms with Crippen molar-refractivity contribution in [2.24, 2.45) is 0 Å². The van der Waals surface area contributed by atoms with Crippen LogP contribution >= 0.6 is 15.9 Å². The van der Waals surface area contributed by atoms with Gasteiger partial charge in [0.05, 0.1) is 10.0 Å². The lowest BCUT2D eigenvalue weighted by molar-refractivity contribution is 0.0733. The van der Waals surface area contributed by atoms with Crippen LogP contribution in [0.25, 0.3) is 0 Å². The Hall–Kier alpha value is -1.94. The highest BCUT2D eigenvalue weighted by Crippen LogP contribution is 2.26. The Labute approximate surface area is 113 Å². The lowest BCUT2D eigenvalue weighted by Gasteiger charge is -2.06. The number of halogens is 1. The van der Waals surface area contributed by atoms with Crippen LogP contribution < -0.4 is 4.74 Å². The molecule has 0 aliphatic rings. The van der Waals surface area contributed by atoms with Crippen LogP contribution in [0.4, 0.5) is 0 Å². The van der Waals surface area contributed by atoms with E-state index in [0.29, 0.717) is 21.3 Å². The Kier molecular flexibility index (Phi) is 3.89. The highest BCUT2D eigenvalue weighted by molar-refractivity contribution is 9.10. The van der Waals surface area contributed by atoms with Gasteiger partial charge in [0.1, 0.15) is 12.0 Å². The van der Waals surface area contributed by atoms with Crippen LogP contribution in [0, 0.1) is 0 Å². The maximum atomic E-state index is 11.8. The summed E-state index contributed by atoms with van der Waals surface area (Å²) in [6.07, 6.45) is 0.730. The van der Waals surface area contributed by atoms with Gasteiger partial charge in [-0.3, -0.25) is 4.79 Å². The molecule has 0 spiro atoms. The standard InChI is InChI=1S/C14H9BrO3/c15-12-8-10(9-16)6-7-13(12)18-14(17)11-4-2-1-3-5-11/h1-9H. The van der Waals surface area contributed by atoms with Crippen molar-refractivity contribution in [1.29, 1.82) is 0 Å². The van der Waals surface area contributed by atoms with Crippen LogP contribution in [0.1, 0.15) is 20.7 Å². The topological polar surface area (TPSA) is 43.4 Å². The molecule has 4 heteroatoms. The molecule has 0 bridgehead atoms. The Balaban J connectivity index is 2.20. The fraction of sp³-hybridized carbons (Fsp3) is 0. The molecule has 2 aromatic carbocycles. The molecule has 0 saturated heterocycles. The third-order valence-corrected chi connectivity index (χ3v) is 2.92. The molecule has 0 aliphatic heterocycles. The van der Waals surface area contributed by atoms with Crippen LogP contribution in [0.15, 0.2) is 53.0 Å². The maximum absolute atomic E-state index is 11.8. The first-order chi connectivity index (χ1) is 8.70. The fourth-order valence-corrected chi connectivity index (χ4v) is 1.88. The molecule has 0 aliphatic carbocycles. The van der Waals surface area contributed by atoms with Crippen molar-refractivity contribution < 1.29 is 14.3 Å². The summed E-state index contributed by atoms with van der Waals surface area (Å²) in [6.45, 7) is 0. The molecular formula is C14H9BrO3. The van der Waals surface area contributed by atoms with Crippen molar-refractivity contribution in [2.45, 2.75) is 0 Å². The van der Waals surface area contributed by atoms with Gasteiger partial charge in [0, 0.05) is 5.56 Å². The van der Waals surface area contributed by atoms with Gasteiger partial charge >= 0.3 is 5.97 Å². The molecular weight excluding hydrogens is 296 g/mol. The third-order valence-electron chi connectivity index (χ3n) is 2.30. The first-order valence-electron chi connectivity index (χ1n) is 5.22. The third kappa shape index (κ3) is 2.84. The molecule has 18 heavy (non-hydrogen) atoms. The average Bonchev–Trinajstić information content (AvgIpc) is 2.42. The van der Waals surface area contributed by atoms with Crippen molar-refractivity contribution in [1.82, 2.24) is 0 Å². The summed E-state index contributed by atoms with van der Waals surface area (Å²) in [5.41, 5.74) is 0.991. The Bertz CT molecular complexity index is 579. The van der Waals surface area contributed by atoms with Crippen LogP contribution in [-0.4, -0.2) is 12.3 Å². The minimum absolute atomic E-state index is 0.384. The summed E-state index contributed by atoms with van der Waals surface area (Å²) >= 11 is 3.25. The molecule has 0 N–H and O–H groups in total. The lowest BCUT2D eigenvalue weighted by Crippen LogP contribution is -2.08. The second kappa shape index (κ2) is 5.60. The number of aldehydes is 1. The van der Waals surface area contributed by atoms with E-state index in [-0.39, 0.29) is 0 Å². The van der Waals surface area contributed by atoms with Crippen LogP contribution in [-0.2, 0) is 0 Å².